The van der Waals surface area contributed by atoms with E-state index in [9.17, 15) is 4.79 Å². The Morgan fingerprint density at radius 2 is 2.26 bits per heavy atom. The van der Waals surface area contributed by atoms with Gasteiger partial charge < -0.3 is 9.73 Å². The summed E-state index contributed by atoms with van der Waals surface area (Å²) in [5, 5.41) is 14.6. The van der Waals surface area contributed by atoms with E-state index in [2.05, 4.69) is 20.6 Å². The van der Waals surface area contributed by atoms with Crippen molar-refractivity contribution >= 4 is 5.91 Å². The highest BCUT2D eigenvalue weighted by Gasteiger charge is 2.15. The zero-order chi connectivity index (χ0) is 13.8. The Labute approximate surface area is 111 Å². The van der Waals surface area contributed by atoms with Crippen molar-refractivity contribution in [1.29, 1.82) is 0 Å². The van der Waals surface area contributed by atoms with Gasteiger partial charge in [0, 0.05) is 26.1 Å². The van der Waals surface area contributed by atoms with E-state index < -0.39 is 0 Å². The molecule has 0 aliphatic heterocycles. The first kappa shape index (κ1) is 13.3. The minimum absolute atomic E-state index is 0.0727. The summed E-state index contributed by atoms with van der Waals surface area (Å²) in [5.74, 6) is 0.834. The van der Waals surface area contributed by atoms with Crippen LogP contribution < -0.4 is 5.32 Å². The van der Waals surface area contributed by atoms with Crippen molar-refractivity contribution < 1.29 is 9.21 Å². The lowest BCUT2D eigenvalue weighted by Gasteiger charge is -2.09. The first-order valence-corrected chi connectivity index (χ1v) is 6.14. The molecule has 1 unspecified atom stereocenters. The van der Waals surface area contributed by atoms with Crippen LogP contribution in [0, 0.1) is 13.8 Å². The number of amides is 1. The minimum atomic E-state index is -0.284. The molecule has 0 saturated carbocycles. The SMILES string of the molecule is Cc1ccn(CCC(=O)NC(C)c2nnc(C)o2)n1. The van der Waals surface area contributed by atoms with Gasteiger partial charge in [-0.2, -0.15) is 5.10 Å². The molecule has 1 atom stereocenters. The van der Waals surface area contributed by atoms with E-state index in [4.69, 9.17) is 4.42 Å². The van der Waals surface area contributed by atoms with Crippen molar-refractivity contribution in [3.63, 3.8) is 0 Å². The van der Waals surface area contributed by atoms with Crippen LogP contribution in [0.15, 0.2) is 16.7 Å². The standard InChI is InChI=1S/C12H17N5O2/c1-8-4-6-17(16-8)7-5-11(18)13-9(2)12-15-14-10(3)19-12/h4,6,9H,5,7H2,1-3H3,(H,13,18). The second kappa shape index (κ2) is 5.64. The summed E-state index contributed by atoms with van der Waals surface area (Å²) in [4.78, 5) is 11.8. The maximum Gasteiger partial charge on any atom is 0.238 e. The lowest BCUT2D eigenvalue weighted by atomic mass is 10.3. The second-order valence-corrected chi connectivity index (χ2v) is 4.42. The van der Waals surface area contributed by atoms with Gasteiger partial charge in [-0.05, 0) is 19.9 Å². The normalized spacial score (nSPS) is 12.4. The minimum Gasteiger partial charge on any atom is -0.423 e. The molecule has 7 heteroatoms. The van der Waals surface area contributed by atoms with Crippen molar-refractivity contribution in [2.75, 3.05) is 0 Å². The molecule has 19 heavy (non-hydrogen) atoms. The van der Waals surface area contributed by atoms with Crippen molar-refractivity contribution in [2.45, 2.75) is 39.8 Å². The Hall–Kier alpha value is -2.18. The molecule has 0 bridgehead atoms. The first-order valence-electron chi connectivity index (χ1n) is 6.14. The zero-order valence-corrected chi connectivity index (χ0v) is 11.3. The molecule has 0 aromatic carbocycles. The number of hydrogen-bond acceptors (Lipinski definition) is 5. The maximum atomic E-state index is 11.8. The molecule has 0 spiro atoms. The fourth-order valence-corrected chi connectivity index (χ4v) is 1.67. The van der Waals surface area contributed by atoms with E-state index >= 15 is 0 Å². The topological polar surface area (TPSA) is 85.8 Å². The molecule has 0 saturated heterocycles. The predicted molar refractivity (Wildman–Crippen MR) is 67.2 cm³/mol. The third kappa shape index (κ3) is 3.64. The Bertz CT molecular complexity index is 560. The third-order valence-electron chi connectivity index (χ3n) is 2.63. The number of nitrogens with one attached hydrogen (secondary N) is 1. The monoisotopic (exact) mass is 263 g/mol. The van der Waals surface area contributed by atoms with Crippen molar-refractivity contribution in [3.8, 4) is 0 Å². The summed E-state index contributed by atoms with van der Waals surface area (Å²) in [6.45, 7) is 5.99. The highest BCUT2D eigenvalue weighted by molar-refractivity contribution is 5.76. The molecule has 102 valence electrons. The zero-order valence-electron chi connectivity index (χ0n) is 11.3. The molecule has 0 radical (unpaired) electrons. The highest BCUT2D eigenvalue weighted by Crippen LogP contribution is 2.10. The van der Waals surface area contributed by atoms with Gasteiger partial charge in [-0.25, -0.2) is 0 Å². The van der Waals surface area contributed by atoms with Gasteiger partial charge in [0.25, 0.3) is 0 Å². The molecule has 0 fully saturated rings. The lowest BCUT2D eigenvalue weighted by molar-refractivity contribution is -0.122. The summed E-state index contributed by atoms with van der Waals surface area (Å²) in [6, 6.07) is 1.62. The summed E-state index contributed by atoms with van der Waals surface area (Å²) in [5.41, 5.74) is 0.940. The average Bonchev–Trinajstić information content (AvgIpc) is 2.95. The lowest BCUT2D eigenvalue weighted by Crippen LogP contribution is -2.27. The molecule has 2 aromatic rings. The van der Waals surface area contributed by atoms with Crippen LogP contribution in [0.5, 0.6) is 0 Å². The Kier molecular flexibility index (Phi) is 3.94. The van der Waals surface area contributed by atoms with Gasteiger partial charge >= 0.3 is 0 Å². The van der Waals surface area contributed by atoms with Gasteiger partial charge in [0.2, 0.25) is 17.7 Å². The summed E-state index contributed by atoms with van der Waals surface area (Å²) < 4.78 is 7.00. The Morgan fingerprint density at radius 3 is 2.84 bits per heavy atom. The number of aromatic nitrogens is 4. The Balaban J connectivity index is 1.81. The van der Waals surface area contributed by atoms with Gasteiger partial charge in [0.05, 0.1) is 5.69 Å². The average molecular weight is 263 g/mol. The van der Waals surface area contributed by atoms with Crippen LogP contribution in [0.25, 0.3) is 0 Å². The molecule has 7 nitrogen and oxygen atoms in total. The van der Waals surface area contributed by atoms with Crippen LogP contribution in [0.4, 0.5) is 0 Å². The molecular formula is C12H17N5O2. The quantitative estimate of drug-likeness (QED) is 0.874. The van der Waals surface area contributed by atoms with Gasteiger partial charge in [-0.3, -0.25) is 9.48 Å². The smallest absolute Gasteiger partial charge is 0.238 e. The summed E-state index contributed by atoms with van der Waals surface area (Å²) >= 11 is 0. The summed E-state index contributed by atoms with van der Waals surface area (Å²) in [7, 11) is 0. The first-order chi connectivity index (χ1) is 9.04. The van der Waals surface area contributed by atoms with Crippen LogP contribution in [-0.4, -0.2) is 25.9 Å². The van der Waals surface area contributed by atoms with Gasteiger partial charge in [0.15, 0.2) is 0 Å². The molecule has 2 rings (SSSR count). The fourth-order valence-electron chi connectivity index (χ4n) is 1.67. The Morgan fingerprint density at radius 1 is 1.47 bits per heavy atom. The van der Waals surface area contributed by atoms with Crippen LogP contribution >= 0.6 is 0 Å². The van der Waals surface area contributed by atoms with Crippen LogP contribution in [0.2, 0.25) is 0 Å². The second-order valence-electron chi connectivity index (χ2n) is 4.42. The van der Waals surface area contributed by atoms with Crippen molar-refractivity contribution in [1.82, 2.24) is 25.3 Å². The van der Waals surface area contributed by atoms with E-state index in [0.29, 0.717) is 24.7 Å². The molecule has 1 amide bonds. The van der Waals surface area contributed by atoms with Crippen molar-refractivity contribution in [3.05, 3.63) is 29.7 Å². The number of aryl methyl sites for hydroxylation is 3. The molecule has 0 aliphatic carbocycles. The highest BCUT2D eigenvalue weighted by atomic mass is 16.4. The van der Waals surface area contributed by atoms with E-state index in [1.54, 1.807) is 11.6 Å². The van der Waals surface area contributed by atoms with Gasteiger partial charge in [-0.15, -0.1) is 10.2 Å². The number of nitrogens with zero attached hydrogens (tertiary/aromatic N) is 4. The van der Waals surface area contributed by atoms with E-state index in [0.717, 1.165) is 5.69 Å². The third-order valence-corrected chi connectivity index (χ3v) is 2.63. The molecular weight excluding hydrogens is 246 g/mol. The van der Waals surface area contributed by atoms with E-state index in [1.807, 2.05) is 26.1 Å². The number of carbonyl (C=O) groups excluding carboxylic acids is 1. The molecule has 1 N–H and O–H groups in total. The number of carbonyl (C=O) groups is 1. The van der Waals surface area contributed by atoms with Crippen LogP contribution in [0.1, 0.15) is 36.9 Å². The van der Waals surface area contributed by atoms with Crippen molar-refractivity contribution in [2.24, 2.45) is 0 Å². The van der Waals surface area contributed by atoms with Gasteiger partial charge in [-0.1, -0.05) is 0 Å². The predicted octanol–water partition coefficient (Wildman–Crippen LogP) is 1.15. The fraction of sp³-hybridized carbons (Fsp3) is 0.500. The van der Waals surface area contributed by atoms with Crippen LogP contribution in [-0.2, 0) is 11.3 Å². The number of hydrogen-bond donors (Lipinski definition) is 1. The van der Waals surface area contributed by atoms with E-state index in [-0.39, 0.29) is 11.9 Å². The number of rotatable bonds is 5. The molecule has 2 aromatic heterocycles. The van der Waals surface area contributed by atoms with Crippen LogP contribution in [0.3, 0.4) is 0 Å². The van der Waals surface area contributed by atoms with E-state index in [1.165, 1.54) is 0 Å². The maximum absolute atomic E-state index is 11.8. The molecule has 2 heterocycles. The largest absolute Gasteiger partial charge is 0.423 e. The van der Waals surface area contributed by atoms with Gasteiger partial charge in [0.1, 0.15) is 6.04 Å². The summed E-state index contributed by atoms with van der Waals surface area (Å²) in [6.07, 6.45) is 2.21. The molecule has 0 aliphatic rings.